The minimum atomic E-state index is -0.640. The number of nitrogens with zero attached hydrogens (tertiary/aromatic N) is 1. The van der Waals surface area contributed by atoms with Crippen LogP contribution in [0.4, 0.5) is 0 Å². The predicted octanol–water partition coefficient (Wildman–Crippen LogP) is 2.23. The van der Waals surface area contributed by atoms with Crippen molar-refractivity contribution in [3.8, 4) is 0 Å². The molecular weight excluding hydrogens is 274 g/mol. The van der Waals surface area contributed by atoms with Crippen molar-refractivity contribution in [2.75, 3.05) is 24.7 Å². The minimum absolute atomic E-state index is 0.0390. The van der Waals surface area contributed by atoms with E-state index in [0.717, 1.165) is 51.0 Å². The van der Waals surface area contributed by atoms with Crippen molar-refractivity contribution in [2.45, 2.75) is 56.7 Å². The van der Waals surface area contributed by atoms with Gasteiger partial charge in [0.05, 0.1) is 5.60 Å². The van der Waals surface area contributed by atoms with Crippen LogP contribution in [-0.2, 0) is 9.53 Å². The summed E-state index contributed by atoms with van der Waals surface area (Å²) in [4.78, 5) is 13.9. The van der Waals surface area contributed by atoms with Gasteiger partial charge in [0.25, 0.3) is 0 Å². The van der Waals surface area contributed by atoms with Gasteiger partial charge in [0, 0.05) is 18.4 Å². The molecule has 3 heterocycles. The number of carboxylic acid groups (broad SMARTS) is 1. The summed E-state index contributed by atoms with van der Waals surface area (Å²) in [6, 6.07) is 0.101. The molecular formula is C15H25NO3S. The van der Waals surface area contributed by atoms with Crippen LogP contribution in [0.15, 0.2) is 0 Å². The standard InChI is InChI=1S/C15H25NO3S/c1-11-3-2-6-16(13(11)14(17)18)12-4-7-19-15(9-12)5-8-20-10-15/h11-13H,2-10H2,1H3,(H,17,18). The first kappa shape index (κ1) is 14.7. The fraction of sp³-hybridized carbons (Fsp3) is 0.933. The lowest BCUT2D eigenvalue weighted by atomic mass is 9.84. The van der Waals surface area contributed by atoms with E-state index in [1.54, 1.807) is 0 Å². The van der Waals surface area contributed by atoms with Crippen molar-refractivity contribution < 1.29 is 14.6 Å². The summed E-state index contributed by atoms with van der Waals surface area (Å²) in [7, 11) is 0. The fourth-order valence-electron chi connectivity index (χ4n) is 4.16. The Balaban J connectivity index is 1.74. The number of hydrogen-bond acceptors (Lipinski definition) is 4. The van der Waals surface area contributed by atoms with E-state index in [9.17, 15) is 9.90 Å². The quantitative estimate of drug-likeness (QED) is 0.847. The van der Waals surface area contributed by atoms with Crippen LogP contribution in [0.5, 0.6) is 0 Å². The summed E-state index contributed by atoms with van der Waals surface area (Å²) >= 11 is 1.98. The molecule has 3 fully saturated rings. The van der Waals surface area contributed by atoms with Gasteiger partial charge >= 0.3 is 5.97 Å². The highest BCUT2D eigenvalue weighted by Crippen LogP contribution is 2.41. The molecule has 4 nitrogen and oxygen atoms in total. The van der Waals surface area contributed by atoms with E-state index in [-0.39, 0.29) is 17.6 Å². The van der Waals surface area contributed by atoms with Gasteiger partial charge in [-0.15, -0.1) is 0 Å². The van der Waals surface area contributed by atoms with E-state index in [0.29, 0.717) is 6.04 Å². The van der Waals surface area contributed by atoms with Gasteiger partial charge in [-0.25, -0.2) is 0 Å². The van der Waals surface area contributed by atoms with E-state index in [1.165, 1.54) is 5.75 Å². The zero-order chi connectivity index (χ0) is 14.2. The van der Waals surface area contributed by atoms with E-state index in [4.69, 9.17) is 4.74 Å². The molecule has 0 saturated carbocycles. The molecule has 3 rings (SSSR count). The lowest BCUT2D eigenvalue weighted by Gasteiger charge is -2.47. The lowest BCUT2D eigenvalue weighted by molar-refractivity contribution is -0.153. The molecule has 3 aliphatic heterocycles. The summed E-state index contributed by atoms with van der Waals surface area (Å²) in [6.45, 7) is 3.82. The Bertz CT molecular complexity index is 370. The first-order chi connectivity index (χ1) is 9.61. The molecule has 114 valence electrons. The summed E-state index contributed by atoms with van der Waals surface area (Å²) in [5.74, 6) is 1.90. The second kappa shape index (κ2) is 5.85. The summed E-state index contributed by atoms with van der Waals surface area (Å²) < 4.78 is 6.08. The van der Waals surface area contributed by atoms with Gasteiger partial charge in [-0.1, -0.05) is 6.92 Å². The van der Waals surface area contributed by atoms with Crippen LogP contribution in [0.3, 0.4) is 0 Å². The van der Waals surface area contributed by atoms with Crippen molar-refractivity contribution in [2.24, 2.45) is 5.92 Å². The van der Waals surface area contributed by atoms with Crippen LogP contribution in [0.1, 0.15) is 39.0 Å². The SMILES string of the molecule is CC1CCCN(C2CCOC3(CCSC3)C2)C1C(=O)O. The topological polar surface area (TPSA) is 49.8 Å². The number of carboxylic acids is 1. The highest BCUT2D eigenvalue weighted by molar-refractivity contribution is 7.99. The number of thioether (sulfide) groups is 1. The molecule has 1 spiro atoms. The van der Waals surface area contributed by atoms with Crippen LogP contribution in [0, 0.1) is 5.92 Å². The third kappa shape index (κ3) is 2.72. The number of carbonyl (C=O) groups is 1. The van der Waals surface area contributed by atoms with Gasteiger partial charge in [0.1, 0.15) is 6.04 Å². The number of aliphatic carboxylic acids is 1. The number of rotatable bonds is 2. The molecule has 1 N–H and O–H groups in total. The molecule has 4 unspecified atom stereocenters. The molecule has 5 heteroatoms. The highest BCUT2D eigenvalue weighted by Gasteiger charge is 2.45. The van der Waals surface area contributed by atoms with E-state index in [1.807, 2.05) is 11.8 Å². The average molecular weight is 299 g/mol. The highest BCUT2D eigenvalue weighted by atomic mass is 32.2. The molecule has 0 aromatic rings. The zero-order valence-corrected chi connectivity index (χ0v) is 13.0. The van der Waals surface area contributed by atoms with Crippen molar-refractivity contribution in [3.05, 3.63) is 0 Å². The Hall–Kier alpha value is -0.260. The maximum atomic E-state index is 11.7. The van der Waals surface area contributed by atoms with Crippen molar-refractivity contribution in [3.63, 3.8) is 0 Å². The zero-order valence-electron chi connectivity index (χ0n) is 12.2. The van der Waals surface area contributed by atoms with E-state index >= 15 is 0 Å². The van der Waals surface area contributed by atoms with Crippen LogP contribution in [0.25, 0.3) is 0 Å². The molecule has 0 amide bonds. The smallest absolute Gasteiger partial charge is 0.321 e. The van der Waals surface area contributed by atoms with Gasteiger partial charge < -0.3 is 9.84 Å². The first-order valence-electron chi connectivity index (χ1n) is 7.82. The Kier molecular flexibility index (Phi) is 4.29. The lowest BCUT2D eigenvalue weighted by Crippen LogP contribution is -2.57. The monoisotopic (exact) mass is 299 g/mol. The molecule has 0 radical (unpaired) electrons. The maximum absolute atomic E-state index is 11.7. The average Bonchev–Trinajstić information content (AvgIpc) is 2.86. The maximum Gasteiger partial charge on any atom is 0.321 e. The van der Waals surface area contributed by atoms with Gasteiger partial charge in [0.2, 0.25) is 0 Å². The number of likely N-dealkylation sites (tertiary alicyclic amines) is 1. The molecule has 0 aromatic heterocycles. The summed E-state index contributed by atoms with van der Waals surface area (Å²) in [5, 5.41) is 9.59. The van der Waals surface area contributed by atoms with Crippen molar-refractivity contribution in [1.29, 1.82) is 0 Å². The van der Waals surface area contributed by atoms with Gasteiger partial charge in [-0.2, -0.15) is 11.8 Å². The molecule has 20 heavy (non-hydrogen) atoms. The van der Waals surface area contributed by atoms with Crippen LogP contribution in [-0.4, -0.2) is 58.3 Å². The van der Waals surface area contributed by atoms with E-state index < -0.39 is 5.97 Å². The van der Waals surface area contributed by atoms with Crippen LogP contribution < -0.4 is 0 Å². The number of hydrogen-bond donors (Lipinski definition) is 1. The second-order valence-electron chi connectivity index (χ2n) is 6.62. The third-order valence-corrected chi connectivity index (χ3v) is 6.45. The predicted molar refractivity (Wildman–Crippen MR) is 80.2 cm³/mol. The van der Waals surface area contributed by atoms with Crippen LogP contribution >= 0.6 is 11.8 Å². The normalized spacial score (nSPS) is 43.0. The Labute approximate surface area is 125 Å². The second-order valence-corrected chi connectivity index (χ2v) is 7.73. The van der Waals surface area contributed by atoms with E-state index in [2.05, 4.69) is 11.8 Å². The molecule has 3 saturated heterocycles. The third-order valence-electron chi connectivity index (χ3n) is 5.23. The van der Waals surface area contributed by atoms with Gasteiger partial charge in [0.15, 0.2) is 0 Å². The fourth-order valence-corrected chi connectivity index (χ4v) is 5.54. The Morgan fingerprint density at radius 2 is 2.30 bits per heavy atom. The molecule has 0 aromatic carbocycles. The van der Waals surface area contributed by atoms with Crippen LogP contribution in [0.2, 0.25) is 0 Å². The largest absolute Gasteiger partial charge is 0.480 e. The molecule has 0 aliphatic carbocycles. The summed E-state index contributed by atoms with van der Waals surface area (Å²) in [5.41, 5.74) is 0.0390. The molecule has 0 bridgehead atoms. The minimum Gasteiger partial charge on any atom is -0.480 e. The summed E-state index contributed by atoms with van der Waals surface area (Å²) in [6.07, 6.45) is 5.32. The Morgan fingerprint density at radius 1 is 1.45 bits per heavy atom. The Morgan fingerprint density at radius 3 is 3.00 bits per heavy atom. The molecule has 3 aliphatic rings. The number of ether oxygens (including phenoxy) is 1. The van der Waals surface area contributed by atoms with Crippen molar-refractivity contribution >= 4 is 17.7 Å². The number of piperidine rings is 1. The van der Waals surface area contributed by atoms with Gasteiger partial charge in [-0.05, 0) is 50.3 Å². The van der Waals surface area contributed by atoms with Gasteiger partial charge in [-0.3, -0.25) is 9.69 Å². The molecule has 4 atom stereocenters. The first-order valence-corrected chi connectivity index (χ1v) is 8.97. The van der Waals surface area contributed by atoms with Crippen molar-refractivity contribution in [1.82, 2.24) is 4.90 Å².